The van der Waals surface area contributed by atoms with E-state index in [2.05, 4.69) is 31.0 Å². The molecule has 4 heterocycles. The summed E-state index contributed by atoms with van der Waals surface area (Å²) in [5.74, 6) is 1.10. The zero-order valence-corrected chi connectivity index (χ0v) is 12.9. The van der Waals surface area contributed by atoms with Crippen LogP contribution in [0.3, 0.4) is 0 Å². The van der Waals surface area contributed by atoms with Crippen LogP contribution in [-0.2, 0) is 4.74 Å². The molecule has 0 amide bonds. The monoisotopic (exact) mass is 307 g/mol. The number of rotatable bonds is 2. The quantitative estimate of drug-likeness (QED) is 0.725. The molecule has 3 aromatic heterocycles. The van der Waals surface area contributed by atoms with Crippen LogP contribution in [0.25, 0.3) is 11.2 Å². The fourth-order valence-electron chi connectivity index (χ4n) is 3.01. The Morgan fingerprint density at radius 2 is 2.00 bits per heavy atom. The van der Waals surface area contributed by atoms with Crippen molar-refractivity contribution in [3.8, 4) is 0 Å². The number of hydrogen-bond acceptors (Lipinski definition) is 6. The van der Waals surface area contributed by atoms with E-state index in [1.165, 1.54) is 5.56 Å². The van der Waals surface area contributed by atoms with Crippen LogP contribution in [0.15, 0.2) is 36.9 Å². The van der Waals surface area contributed by atoms with Gasteiger partial charge in [-0.25, -0.2) is 19.9 Å². The molecule has 1 aliphatic rings. The van der Waals surface area contributed by atoms with Gasteiger partial charge in [0.2, 0.25) is 0 Å². The highest BCUT2D eigenvalue weighted by atomic mass is 16.5. The fraction of sp³-hybridized carbons (Fsp3) is 0.353. The second kappa shape index (κ2) is 5.96. The molecule has 1 fully saturated rings. The van der Waals surface area contributed by atoms with Crippen molar-refractivity contribution < 1.29 is 4.74 Å². The summed E-state index contributed by atoms with van der Waals surface area (Å²) < 4.78 is 5.95. The van der Waals surface area contributed by atoms with Crippen molar-refractivity contribution >= 4 is 11.2 Å². The summed E-state index contributed by atoms with van der Waals surface area (Å²) in [7, 11) is 0. The van der Waals surface area contributed by atoms with E-state index in [1.807, 2.05) is 19.2 Å². The normalized spacial score (nSPS) is 21.4. The molecule has 3 aromatic rings. The van der Waals surface area contributed by atoms with Gasteiger partial charge < -0.3 is 4.74 Å². The molecule has 0 spiro atoms. The highest BCUT2D eigenvalue weighted by Gasteiger charge is 2.27. The van der Waals surface area contributed by atoms with Gasteiger partial charge in [0.15, 0.2) is 5.65 Å². The first-order valence-electron chi connectivity index (χ1n) is 7.77. The minimum absolute atomic E-state index is 0.0663. The van der Waals surface area contributed by atoms with Crippen LogP contribution in [0.4, 0.5) is 0 Å². The van der Waals surface area contributed by atoms with Gasteiger partial charge >= 0.3 is 0 Å². The first kappa shape index (κ1) is 14.1. The predicted octanol–water partition coefficient (Wildman–Crippen LogP) is 2.76. The standard InChI is InChI=1S/C17H17N5O/c1-11-8-12(2-4-18-11)15-9-13(3-7-23-15)16-21-10-14-17(22-16)20-6-5-19-14/h2,4-6,8,10,13,15H,3,7,9H2,1H3/t13?,15-/m0/s1. The fourth-order valence-corrected chi connectivity index (χ4v) is 3.01. The first-order valence-corrected chi connectivity index (χ1v) is 7.77. The average Bonchev–Trinajstić information content (AvgIpc) is 2.61. The summed E-state index contributed by atoms with van der Waals surface area (Å²) >= 11 is 0. The minimum atomic E-state index is 0.0663. The summed E-state index contributed by atoms with van der Waals surface area (Å²) in [6.45, 7) is 2.70. The van der Waals surface area contributed by atoms with Gasteiger partial charge in [-0.3, -0.25) is 4.98 Å². The minimum Gasteiger partial charge on any atom is -0.373 e. The molecular weight excluding hydrogens is 290 g/mol. The van der Waals surface area contributed by atoms with Crippen LogP contribution < -0.4 is 0 Å². The molecule has 6 heteroatoms. The first-order chi connectivity index (χ1) is 11.3. The van der Waals surface area contributed by atoms with E-state index in [9.17, 15) is 0 Å². The highest BCUT2D eigenvalue weighted by molar-refractivity contribution is 5.67. The lowest BCUT2D eigenvalue weighted by Gasteiger charge is -2.29. The van der Waals surface area contributed by atoms with Gasteiger partial charge in [0, 0.05) is 36.8 Å². The van der Waals surface area contributed by atoms with Crippen LogP contribution in [0.2, 0.25) is 0 Å². The van der Waals surface area contributed by atoms with Gasteiger partial charge in [-0.1, -0.05) is 0 Å². The number of aromatic nitrogens is 5. The van der Waals surface area contributed by atoms with Crippen LogP contribution in [0.5, 0.6) is 0 Å². The molecule has 0 bridgehead atoms. The summed E-state index contributed by atoms with van der Waals surface area (Å²) in [6.07, 6.45) is 8.76. The Kier molecular flexibility index (Phi) is 3.67. The van der Waals surface area contributed by atoms with Crippen molar-refractivity contribution in [2.24, 2.45) is 0 Å². The molecule has 0 aromatic carbocycles. The van der Waals surface area contributed by atoms with Crippen LogP contribution in [-0.4, -0.2) is 31.5 Å². The number of pyridine rings is 1. The van der Waals surface area contributed by atoms with Gasteiger partial charge in [-0.15, -0.1) is 0 Å². The Labute approximate surface area is 134 Å². The molecule has 0 radical (unpaired) electrons. The second-order valence-corrected chi connectivity index (χ2v) is 5.80. The Bertz CT molecular complexity index is 838. The second-order valence-electron chi connectivity index (χ2n) is 5.80. The molecule has 23 heavy (non-hydrogen) atoms. The molecule has 0 N–H and O–H groups in total. The van der Waals surface area contributed by atoms with Crippen LogP contribution in [0.1, 0.15) is 41.9 Å². The number of nitrogens with zero attached hydrogens (tertiary/aromatic N) is 5. The third kappa shape index (κ3) is 2.90. The Morgan fingerprint density at radius 3 is 2.91 bits per heavy atom. The SMILES string of the molecule is Cc1cc([C@@H]2CC(c3ncc4nccnc4n3)CCO2)ccn1. The third-order valence-electron chi connectivity index (χ3n) is 4.19. The molecule has 0 aliphatic carbocycles. The molecule has 4 rings (SSSR count). The van der Waals surface area contributed by atoms with Gasteiger partial charge in [0.05, 0.1) is 12.3 Å². The molecular formula is C17H17N5O. The smallest absolute Gasteiger partial charge is 0.181 e. The molecule has 1 aliphatic heterocycles. The number of fused-ring (bicyclic) bond motifs is 1. The van der Waals surface area contributed by atoms with E-state index >= 15 is 0 Å². The Morgan fingerprint density at radius 1 is 1.09 bits per heavy atom. The van der Waals surface area contributed by atoms with Crippen LogP contribution in [0, 0.1) is 6.92 Å². The van der Waals surface area contributed by atoms with Crippen molar-refractivity contribution in [3.63, 3.8) is 0 Å². The van der Waals surface area contributed by atoms with Crippen molar-refractivity contribution in [2.75, 3.05) is 6.61 Å². The van der Waals surface area contributed by atoms with Gasteiger partial charge in [-0.2, -0.15) is 0 Å². The largest absolute Gasteiger partial charge is 0.373 e. The van der Waals surface area contributed by atoms with Crippen LogP contribution >= 0.6 is 0 Å². The van der Waals surface area contributed by atoms with E-state index in [0.717, 1.165) is 29.9 Å². The molecule has 0 saturated carbocycles. The third-order valence-corrected chi connectivity index (χ3v) is 4.19. The van der Waals surface area contributed by atoms with Crippen molar-refractivity contribution in [1.29, 1.82) is 0 Å². The van der Waals surface area contributed by atoms with Crippen molar-refractivity contribution in [1.82, 2.24) is 24.9 Å². The summed E-state index contributed by atoms with van der Waals surface area (Å²) in [5.41, 5.74) is 3.55. The predicted molar refractivity (Wildman–Crippen MR) is 84.8 cm³/mol. The maximum absolute atomic E-state index is 5.95. The number of aryl methyl sites for hydroxylation is 1. The number of ether oxygens (including phenoxy) is 1. The van der Waals surface area contributed by atoms with Gasteiger partial charge in [0.25, 0.3) is 0 Å². The molecule has 1 saturated heterocycles. The maximum atomic E-state index is 5.95. The highest BCUT2D eigenvalue weighted by Crippen LogP contribution is 2.36. The lowest BCUT2D eigenvalue weighted by atomic mass is 9.91. The van der Waals surface area contributed by atoms with E-state index in [-0.39, 0.29) is 12.0 Å². The Balaban J connectivity index is 1.60. The maximum Gasteiger partial charge on any atom is 0.181 e. The summed E-state index contributed by atoms with van der Waals surface area (Å²) in [5, 5.41) is 0. The lowest BCUT2D eigenvalue weighted by Crippen LogP contribution is -2.20. The van der Waals surface area contributed by atoms with E-state index in [4.69, 9.17) is 4.74 Å². The topological polar surface area (TPSA) is 73.7 Å². The zero-order chi connectivity index (χ0) is 15.6. The van der Waals surface area contributed by atoms with E-state index in [0.29, 0.717) is 12.3 Å². The lowest BCUT2D eigenvalue weighted by molar-refractivity contribution is 0.00392. The van der Waals surface area contributed by atoms with Crippen molar-refractivity contribution in [2.45, 2.75) is 31.8 Å². The summed E-state index contributed by atoms with van der Waals surface area (Å²) in [4.78, 5) is 21.8. The van der Waals surface area contributed by atoms with E-state index in [1.54, 1.807) is 18.6 Å². The zero-order valence-electron chi connectivity index (χ0n) is 12.9. The van der Waals surface area contributed by atoms with Gasteiger partial charge in [-0.05, 0) is 37.5 Å². The van der Waals surface area contributed by atoms with Gasteiger partial charge in [0.1, 0.15) is 11.3 Å². The van der Waals surface area contributed by atoms with E-state index < -0.39 is 0 Å². The molecule has 1 unspecified atom stereocenters. The Hall–Kier alpha value is -2.47. The average molecular weight is 307 g/mol. The number of hydrogen-bond donors (Lipinski definition) is 0. The summed E-state index contributed by atoms with van der Waals surface area (Å²) in [6, 6.07) is 4.10. The molecule has 116 valence electrons. The molecule has 6 nitrogen and oxygen atoms in total. The molecule has 2 atom stereocenters. The van der Waals surface area contributed by atoms with Crippen molar-refractivity contribution in [3.05, 3.63) is 54.0 Å².